The molecule has 1 heterocycles. The van der Waals surface area contributed by atoms with E-state index in [-0.39, 0.29) is 29.8 Å². The third kappa shape index (κ3) is 4.01. The maximum atomic E-state index is 12.5. The number of fused-ring (bicyclic) bond motifs is 3. The van der Waals surface area contributed by atoms with E-state index < -0.39 is 17.7 Å². The molecule has 0 radical (unpaired) electrons. The van der Waals surface area contributed by atoms with Gasteiger partial charge in [-0.25, -0.2) is 4.79 Å². The van der Waals surface area contributed by atoms with Gasteiger partial charge in [-0.15, -0.1) is 0 Å². The van der Waals surface area contributed by atoms with Gasteiger partial charge in [0.15, 0.2) is 0 Å². The molecule has 0 spiro atoms. The fraction of sp³-hybridized carbons (Fsp3) is 0.520. The molecule has 1 saturated heterocycles. The van der Waals surface area contributed by atoms with Crippen molar-refractivity contribution >= 4 is 18.0 Å². The minimum atomic E-state index is -0.923. The largest absolute Gasteiger partial charge is 0.497 e. The van der Waals surface area contributed by atoms with Gasteiger partial charge in [-0.2, -0.15) is 0 Å². The molecule has 6 heteroatoms. The van der Waals surface area contributed by atoms with E-state index in [4.69, 9.17) is 14.2 Å². The summed E-state index contributed by atoms with van der Waals surface area (Å²) >= 11 is 0. The topological polar surface area (TPSA) is 82.1 Å². The highest BCUT2D eigenvalue weighted by Gasteiger charge is 2.55. The zero-order valence-corrected chi connectivity index (χ0v) is 18.5. The molecule has 0 amide bonds. The Morgan fingerprint density at radius 1 is 1.29 bits per heavy atom. The summed E-state index contributed by atoms with van der Waals surface area (Å²) in [6.45, 7) is 5.66. The summed E-state index contributed by atoms with van der Waals surface area (Å²) in [6.07, 6.45) is 4.18. The second-order valence-electron chi connectivity index (χ2n) is 9.16. The predicted octanol–water partition coefficient (Wildman–Crippen LogP) is 3.68. The maximum absolute atomic E-state index is 12.5. The first-order chi connectivity index (χ1) is 14.7. The molecule has 1 aromatic carbocycles. The molecule has 6 atom stereocenters. The summed E-state index contributed by atoms with van der Waals surface area (Å²) in [5.74, 6) is -0.196. The molecule has 2 fully saturated rings. The van der Waals surface area contributed by atoms with Crippen molar-refractivity contribution < 1.29 is 28.9 Å². The van der Waals surface area contributed by atoms with Gasteiger partial charge in [0, 0.05) is 17.9 Å². The van der Waals surface area contributed by atoms with Crippen LogP contribution in [0.25, 0.3) is 6.08 Å². The Bertz CT molecular complexity index is 926. The first kappa shape index (κ1) is 21.6. The van der Waals surface area contributed by atoms with E-state index in [1.54, 1.807) is 13.2 Å². The number of hydrogen-bond donors (Lipinski definition) is 1. The highest BCUT2D eigenvalue weighted by molar-refractivity contribution is 5.87. The van der Waals surface area contributed by atoms with Crippen LogP contribution in [0.5, 0.6) is 5.75 Å². The zero-order chi connectivity index (χ0) is 22.3. The van der Waals surface area contributed by atoms with Gasteiger partial charge in [0.05, 0.1) is 18.6 Å². The highest BCUT2D eigenvalue weighted by atomic mass is 16.6. The molecular weight excluding hydrogens is 396 g/mol. The maximum Gasteiger partial charge on any atom is 0.331 e. The van der Waals surface area contributed by atoms with E-state index in [0.29, 0.717) is 12.8 Å². The Morgan fingerprint density at radius 3 is 2.68 bits per heavy atom. The molecule has 2 aliphatic carbocycles. The van der Waals surface area contributed by atoms with Crippen molar-refractivity contribution in [3.63, 3.8) is 0 Å². The summed E-state index contributed by atoms with van der Waals surface area (Å²) in [4.78, 5) is 24.7. The van der Waals surface area contributed by atoms with Gasteiger partial charge in [0.2, 0.25) is 0 Å². The van der Waals surface area contributed by atoms with Crippen LogP contribution in [0.2, 0.25) is 0 Å². The standard InChI is InChI=1S/C25H30O6/c1-14-18-11-12-25(3,28)19-13-20(15(2)22(19)23(18)31-24(14)27)30-21(26)10-7-16-5-8-17(29-4)9-6-16/h5-10,14,18-20,23,28H,11-13H2,1-4H3/b10-7+/t14-,18-,19?,20-,23-,25+/m0/s1. The van der Waals surface area contributed by atoms with E-state index >= 15 is 0 Å². The monoisotopic (exact) mass is 426 g/mol. The quantitative estimate of drug-likeness (QED) is 0.449. The molecule has 1 N–H and O–H groups in total. The van der Waals surface area contributed by atoms with Crippen molar-refractivity contribution in [1.29, 1.82) is 0 Å². The third-order valence-electron chi connectivity index (χ3n) is 7.24. The second kappa shape index (κ2) is 8.15. The lowest BCUT2D eigenvalue weighted by molar-refractivity contribution is -0.143. The van der Waals surface area contributed by atoms with Gasteiger partial charge in [0.1, 0.15) is 18.0 Å². The number of carbonyl (C=O) groups is 2. The van der Waals surface area contributed by atoms with Gasteiger partial charge in [-0.3, -0.25) is 4.79 Å². The van der Waals surface area contributed by atoms with E-state index in [0.717, 1.165) is 28.9 Å². The molecule has 3 aliphatic rings. The Morgan fingerprint density at radius 2 is 2.00 bits per heavy atom. The normalized spacial score (nSPS) is 34.9. The number of methoxy groups -OCH3 is 1. The van der Waals surface area contributed by atoms with Gasteiger partial charge in [-0.1, -0.05) is 19.1 Å². The van der Waals surface area contributed by atoms with Crippen LogP contribution in [-0.2, 0) is 19.1 Å². The number of aliphatic hydroxyl groups is 1. The lowest BCUT2D eigenvalue weighted by Crippen LogP contribution is -2.35. The Balaban J connectivity index is 1.52. The predicted molar refractivity (Wildman–Crippen MR) is 115 cm³/mol. The summed E-state index contributed by atoms with van der Waals surface area (Å²) in [6, 6.07) is 7.37. The van der Waals surface area contributed by atoms with Crippen LogP contribution >= 0.6 is 0 Å². The fourth-order valence-electron chi connectivity index (χ4n) is 5.27. The van der Waals surface area contributed by atoms with Crippen LogP contribution in [0.3, 0.4) is 0 Å². The molecule has 1 aliphatic heterocycles. The molecule has 166 valence electrons. The number of carbonyl (C=O) groups excluding carboxylic acids is 2. The molecule has 1 unspecified atom stereocenters. The molecule has 4 rings (SSSR count). The SMILES string of the molecule is COc1ccc(/C=C/C(=O)O[C@H]2CC3C(=C2C)[C@H]2OC(=O)[C@@H](C)[C@@H]2CC[C@@]3(C)O)cc1. The second-order valence-corrected chi connectivity index (χ2v) is 9.16. The smallest absolute Gasteiger partial charge is 0.331 e. The lowest BCUT2D eigenvalue weighted by Gasteiger charge is -2.31. The zero-order valence-electron chi connectivity index (χ0n) is 18.5. The first-order valence-electron chi connectivity index (χ1n) is 10.9. The van der Waals surface area contributed by atoms with Crippen molar-refractivity contribution in [2.45, 2.75) is 57.8 Å². The van der Waals surface area contributed by atoms with Crippen LogP contribution in [0.15, 0.2) is 41.5 Å². The van der Waals surface area contributed by atoms with Crippen molar-refractivity contribution in [3.05, 3.63) is 47.1 Å². The summed E-state index contributed by atoms with van der Waals surface area (Å²) in [7, 11) is 1.60. The summed E-state index contributed by atoms with van der Waals surface area (Å²) in [5.41, 5.74) is 1.78. The highest BCUT2D eigenvalue weighted by Crippen LogP contribution is 2.52. The summed E-state index contributed by atoms with van der Waals surface area (Å²) in [5, 5.41) is 11.2. The van der Waals surface area contributed by atoms with Crippen molar-refractivity contribution in [1.82, 2.24) is 0 Å². The summed E-state index contributed by atoms with van der Waals surface area (Å²) < 4.78 is 16.6. The molecular formula is C25H30O6. The minimum Gasteiger partial charge on any atom is -0.497 e. The molecule has 1 saturated carbocycles. The minimum absolute atomic E-state index is 0.0540. The van der Waals surface area contributed by atoms with Crippen molar-refractivity contribution in [2.24, 2.45) is 17.8 Å². The third-order valence-corrected chi connectivity index (χ3v) is 7.24. The molecule has 31 heavy (non-hydrogen) atoms. The van der Waals surface area contributed by atoms with Gasteiger partial charge in [0.25, 0.3) is 0 Å². The van der Waals surface area contributed by atoms with Crippen LogP contribution in [0.1, 0.15) is 45.6 Å². The van der Waals surface area contributed by atoms with Gasteiger partial charge >= 0.3 is 11.9 Å². The average Bonchev–Trinajstić information content (AvgIpc) is 3.18. The van der Waals surface area contributed by atoms with E-state index in [1.165, 1.54) is 6.08 Å². The van der Waals surface area contributed by atoms with E-state index in [9.17, 15) is 14.7 Å². The number of ether oxygens (including phenoxy) is 3. The first-order valence-corrected chi connectivity index (χ1v) is 10.9. The number of esters is 2. The van der Waals surface area contributed by atoms with Crippen LogP contribution in [0, 0.1) is 17.8 Å². The van der Waals surface area contributed by atoms with E-state index in [2.05, 4.69) is 0 Å². The molecule has 1 aromatic rings. The number of hydrogen-bond acceptors (Lipinski definition) is 6. The van der Waals surface area contributed by atoms with Crippen LogP contribution < -0.4 is 4.74 Å². The fourth-order valence-corrected chi connectivity index (χ4v) is 5.27. The number of rotatable bonds is 4. The van der Waals surface area contributed by atoms with Gasteiger partial charge < -0.3 is 19.3 Å². The molecule has 0 aromatic heterocycles. The van der Waals surface area contributed by atoms with Crippen LogP contribution in [0.4, 0.5) is 0 Å². The molecule has 6 nitrogen and oxygen atoms in total. The Labute approximate surface area is 182 Å². The van der Waals surface area contributed by atoms with E-state index in [1.807, 2.05) is 45.0 Å². The average molecular weight is 427 g/mol. The van der Waals surface area contributed by atoms with Crippen molar-refractivity contribution in [3.8, 4) is 5.75 Å². The Hall–Kier alpha value is -2.60. The number of benzene rings is 1. The molecule has 0 bridgehead atoms. The van der Waals surface area contributed by atoms with Crippen LogP contribution in [-0.4, -0.2) is 42.0 Å². The van der Waals surface area contributed by atoms with Crippen molar-refractivity contribution in [2.75, 3.05) is 7.11 Å². The Kier molecular flexibility index (Phi) is 5.69. The lowest BCUT2D eigenvalue weighted by atomic mass is 9.81. The van der Waals surface area contributed by atoms with Gasteiger partial charge in [-0.05, 0) is 68.0 Å².